The number of rotatable bonds is 5. The second-order valence-electron chi connectivity index (χ2n) is 6.95. The number of piperazine rings is 1. The summed E-state index contributed by atoms with van der Waals surface area (Å²) in [5, 5.41) is 3.77. The summed E-state index contributed by atoms with van der Waals surface area (Å²) in [6.07, 6.45) is 2.55. The van der Waals surface area contributed by atoms with Crippen LogP contribution in [-0.4, -0.2) is 30.1 Å². The molecule has 0 radical (unpaired) electrons. The fourth-order valence-electron chi connectivity index (χ4n) is 3.71. The highest BCUT2D eigenvalue weighted by atomic mass is 32.1. The van der Waals surface area contributed by atoms with Crippen molar-refractivity contribution >= 4 is 11.3 Å². The minimum absolute atomic E-state index is 0.531. The molecule has 1 aliphatic heterocycles. The van der Waals surface area contributed by atoms with E-state index in [0.29, 0.717) is 24.0 Å². The molecule has 1 fully saturated rings. The zero-order valence-electron chi connectivity index (χ0n) is 14.6. The largest absolute Gasteiger partial charge is 0.311 e. The van der Waals surface area contributed by atoms with Gasteiger partial charge < -0.3 is 5.32 Å². The lowest BCUT2D eigenvalue weighted by molar-refractivity contribution is 0.0597. The van der Waals surface area contributed by atoms with Gasteiger partial charge in [0.25, 0.3) is 0 Å². The Kier molecular flexibility index (Phi) is 5.87. The number of nitrogens with one attached hydrogen (secondary N) is 1. The van der Waals surface area contributed by atoms with Crippen LogP contribution in [0.1, 0.15) is 61.9 Å². The Morgan fingerprint density at radius 3 is 2.57 bits per heavy atom. The molecule has 3 atom stereocenters. The quantitative estimate of drug-likeness (QED) is 0.860. The van der Waals surface area contributed by atoms with Crippen molar-refractivity contribution < 1.29 is 0 Å². The van der Waals surface area contributed by atoms with Gasteiger partial charge in [-0.1, -0.05) is 27.2 Å². The third kappa shape index (κ3) is 3.88. The van der Waals surface area contributed by atoms with E-state index in [1.54, 1.807) is 5.56 Å². The van der Waals surface area contributed by atoms with E-state index in [2.05, 4.69) is 57.8 Å². The monoisotopic (exact) mass is 308 g/mol. The highest BCUT2D eigenvalue weighted by Gasteiger charge is 2.33. The number of aryl methyl sites for hydroxylation is 2. The third-order valence-electron chi connectivity index (χ3n) is 4.91. The van der Waals surface area contributed by atoms with E-state index in [-0.39, 0.29) is 0 Å². The van der Waals surface area contributed by atoms with Gasteiger partial charge >= 0.3 is 0 Å². The minimum atomic E-state index is 0.531. The summed E-state index contributed by atoms with van der Waals surface area (Å²) in [5.74, 6) is 0.697. The molecule has 1 N–H and O–H groups in total. The summed E-state index contributed by atoms with van der Waals surface area (Å²) in [4.78, 5) is 5.69. The maximum atomic E-state index is 3.77. The first kappa shape index (κ1) is 17.0. The first-order valence-corrected chi connectivity index (χ1v) is 9.31. The molecule has 0 spiro atoms. The zero-order valence-corrected chi connectivity index (χ0v) is 15.4. The van der Waals surface area contributed by atoms with Gasteiger partial charge in [-0.15, -0.1) is 11.3 Å². The number of nitrogens with zero attached hydrogens (tertiary/aromatic N) is 1. The summed E-state index contributed by atoms with van der Waals surface area (Å²) >= 11 is 1.94. The zero-order chi connectivity index (χ0) is 15.6. The summed E-state index contributed by atoms with van der Waals surface area (Å²) in [6.45, 7) is 16.2. The normalized spacial score (nSPS) is 25.5. The Balaban J connectivity index is 2.20. The maximum absolute atomic E-state index is 3.77. The Bertz CT molecular complexity index is 452. The molecule has 120 valence electrons. The van der Waals surface area contributed by atoms with Crippen molar-refractivity contribution in [3.05, 3.63) is 21.4 Å². The summed E-state index contributed by atoms with van der Waals surface area (Å²) < 4.78 is 0. The van der Waals surface area contributed by atoms with E-state index in [4.69, 9.17) is 0 Å². The van der Waals surface area contributed by atoms with Gasteiger partial charge in [0.15, 0.2) is 0 Å². The van der Waals surface area contributed by atoms with Gasteiger partial charge in [0, 0.05) is 41.0 Å². The van der Waals surface area contributed by atoms with Crippen molar-refractivity contribution in [2.24, 2.45) is 5.92 Å². The SMILES string of the molecule is CCCC1CN(C(C)c2cc(C)sc2C)C(C(C)C)CN1. The molecule has 1 aromatic rings. The van der Waals surface area contributed by atoms with Crippen LogP contribution in [0.5, 0.6) is 0 Å². The summed E-state index contributed by atoms with van der Waals surface area (Å²) in [6, 6.07) is 4.24. The van der Waals surface area contributed by atoms with Crippen molar-refractivity contribution in [2.45, 2.75) is 72.5 Å². The molecule has 0 saturated carbocycles. The summed E-state index contributed by atoms with van der Waals surface area (Å²) in [7, 11) is 0. The lowest BCUT2D eigenvalue weighted by Gasteiger charge is -2.45. The molecular formula is C18H32N2S. The third-order valence-corrected chi connectivity index (χ3v) is 5.89. The van der Waals surface area contributed by atoms with E-state index in [1.165, 1.54) is 29.1 Å². The number of thiophene rings is 1. The predicted octanol–water partition coefficient (Wildman–Crippen LogP) is 4.52. The molecule has 0 bridgehead atoms. The van der Waals surface area contributed by atoms with Crippen LogP contribution in [0.15, 0.2) is 6.07 Å². The van der Waals surface area contributed by atoms with Crippen molar-refractivity contribution in [1.29, 1.82) is 0 Å². The molecule has 0 amide bonds. The predicted molar refractivity (Wildman–Crippen MR) is 94.2 cm³/mol. The summed E-state index contributed by atoms with van der Waals surface area (Å²) in [5.41, 5.74) is 1.54. The van der Waals surface area contributed by atoms with Gasteiger partial charge in [0.1, 0.15) is 0 Å². The second kappa shape index (κ2) is 7.26. The number of hydrogen-bond donors (Lipinski definition) is 1. The van der Waals surface area contributed by atoms with Crippen LogP contribution < -0.4 is 5.32 Å². The van der Waals surface area contributed by atoms with Gasteiger partial charge in [-0.2, -0.15) is 0 Å². The molecule has 1 aromatic heterocycles. The Labute approximate surface area is 134 Å². The molecular weight excluding hydrogens is 276 g/mol. The first-order chi connectivity index (χ1) is 9.93. The average molecular weight is 309 g/mol. The molecule has 3 heteroatoms. The first-order valence-electron chi connectivity index (χ1n) is 8.50. The molecule has 2 heterocycles. The maximum Gasteiger partial charge on any atom is 0.0335 e. The van der Waals surface area contributed by atoms with Gasteiger partial charge in [0.05, 0.1) is 0 Å². The van der Waals surface area contributed by atoms with E-state index in [9.17, 15) is 0 Å². The smallest absolute Gasteiger partial charge is 0.0335 e. The van der Waals surface area contributed by atoms with Gasteiger partial charge in [-0.3, -0.25) is 4.90 Å². The van der Waals surface area contributed by atoms with Crippen LogP contribution in [0.25, 0.3) is 0 Å². The molecule has 2 rings (SSSR count). The molecule has 2 nitrogen and oxygen atoms in total. The van der Waals surface area contributed by atoms with Crippen LogP contribution in [0.2, 0.25) is 0 Å². The lowest BCUT2D eigenvalue weighted by Crippen LogP contribution is -2.58. The standard InChI is InChI=1S/C18H32N2S/c1-7-8-16-11-20(18(10-19-16)12(2)3)14(5)17-9-13(4)21-15(17)6/h9,12,14,16,18-19H,7-8,10-11H2,1-6H3. The van der Waals surface area contributed by atoms with Gasteiger partial charge in [0.2, 0.25) is 0 Å². The number of hydrogen-bond acceptors (Lipinski definition) is 3. The van der Waals surface area contributed by atoms with Crippen molar-refractivity contribution in [3.8, 4) is 0 Å². The Hall–Kier alpha value is -0.380. The topological polar surface area (TPSA) is 15.3 Å². The molecule has 3 unspecified atom stereocenters. The average Bonchev–Trinajstić information content (AvgIpc) is 2.77. The minimum Gasteiger partial charge on any atom is -0.311 e. The molecule has 21 heavy (non-hydrogen) atoms. The van der Waals surface area contributed by atoms with Crippen molar-refractivity contribution in [2.75, 3.05) is 13.1 Å². The van der Waals surface area contributed by atoms with Crippen molar-refractivity contribution in [3.63, 3.8) is 0 Å². The van der Waals surface area contributed by atoms with Crippen LogP contribution in [0, 0.1) is 19.8 Å². The molecule has 1 saturated heterocycles. The molecule has 0 aromatic carbocycles. The van der Waals surface area contributed by atoms with E-state index in [1.807, 2.05) is 11.3 Å². The highest BCUT2D eigenvalue weighted by molar-refractivity contribution is 7.12. The lowest BCUT2D eigenvalue weighted by atomic mass is 9.93. The van der Waals surface area contributed by atoms with Crippen molar-refractivity contribution in [1.82, 2.24) is 10.2 Å². The Morgan fingerprint density at radius 2 is 2.05 bits per heavy atom. The van der Waals surface area contributed by atoms with Crippen LogP contribution in [-0.2, 0) is 0 Å². The van der Waals surface area contributed by atoms with Gasteiger partial charge in [-0.25, -0.2) is 0 Å². The van der Waals surface area contributed by atoms with Crippen LogP contribution in [0.3, 0.4) is 0 Å². The molecule has 1 aliphatic rings. The van der Waals surface area contributed by atoms with E-state index >= 15 is 0 Å². The highest BCUT2D eigenvalue weighted by Crippen LogP contribution is 2.33. The second-order valence-corrected chi connectivity index (χ2v) is 8.41. The fraction of sp³-hybridized carbons (Fsp3) is 0.778. The van der Waals surface area contributed by atoms with Gasteiger partial charge in [-0.05, 0) is 44.7 Å². The van der Waals surface area contributed by atoms with E-state index in [0.717, 1.165) is 6.54 Å². The fourth-order valence-corrected chi connectivity index (χ4v) is 4.72. The van der Waals surface area contributed by atoms with Crippen LogP contribution >= 0.6 is 11.3 Å². The van der Waals surface area contributed by atoms with Crippen LogP contribution in [0.4, 0.5) is 0 Å². The molecule has 0 aliphatic carbocycles. The Morgan fingerprint density at radius 1 is 1.33 bits per heavy atom. The van der Waals surface area contributed by atoms with E-state index < -0.39 is 0 Å².